The number of aromatic nitrogens is 2. The summed E-state index contributed by atoms with van der Waals surface area (Å²) in [6.07, 6.45) is 1.72. The van der Waals surface area contributed by atoms with Gasteiger partial charge in [-0.05, 0) is 91.6 Å². The summed E-state index contributed by atoms with van der Waals surface area (Å²) in [5.74, 6) is -0.0358. The first kappa shape index (κ1) is 27.4. The molecule has 2 radical (unpaired) electrons. The second kappa shape index (κ2) is 8.43. The summed E-state index contributed by atoms with van der Waals surface area (Å²) < 4.78 is 2.78. The number of amidine groups is 2. The average Bonchev–Trinajstić information content (AvgIpc) is 3.02. The molecule has 0 spiro atoms. The number of hydroxylamine groups is 6. The largest absolute Gasteiger partial charge is 0.714 e. The van der Waals surface area contributed by atoms with Crippen LogP contribution in [0, 0.1) is 10.4 Å². The molecule has 0 bridgehead atoms. The molecule has 2 N–H and O–H groups in total. The van der Waals surface area contributed by atoms with Crippen molar-refractivity contribution in [3.63, 3.8) is 0 Å². The average molecular weight is 526 g/mol. The van der Waals surface area contributed by atoms with E-state index in [-0.39, 0.29) is 30.5 Å². The highest BCUT2D eigenvalue weighted by atomic mass is 16.5. The van der Waals surface area contributed by atoms with Gasteiger partial charge in [-0.2, -0.15) is 4.98 Å². The summed E-state index contributed by atoms with van der Waals surface area (Å²) in [7, 11) is 0. The number of nitrogens with zero attached hydrogens (tertiary/aromatic N) is 6. The van der Waals surface area contributed by atoms with Gasteiger partial charge in [0.2, 0.25) is 0 Å². The molecule has 1 aromatic carbocycles. The van der Waals surface area contributed by atoms with Gasteiger partial charge < -0.3 is 16.1 Å². The first-order chi connectivity index (χ1) is 17.4. The molecule has 0 saturated heterocycles. The lowest BCUT2D eigenvalue weighted by Gasteiger charge is -2.32. The van der Waals surface area contributed by atoms with Crippen molar-refractivity contribution < 1.29 is 19.9 Å². The Hall–Kier alpha value is -3.64. The molecule has 3 heterocycles. The molecule has 12 nitrogen and oxygen atoms in total. The fourth-order valence-corrected chi connectivity index (χ4v) is 4.68. The maximum absolute atomic E-state index is 13.4. The molecule has 38 heavy (non-hydrogen) atoms. The van der Waals surface area contributed by atoms with Crippen LogP contribution in [0.15, 0.2) is 35.3 Å². The third-order valence-electron chi connectivity index (χ3n) is 8.92. The number of aryl methyl sites for hydroxylation is 2. The van der Waals surface area contributed by atoms with Gasteiger partial charge in [0.25, 0.3) is 0 Å². The van der Waals surface area contributed by atoms with E-state index in [4.69, 9.17) is 5.73 Å². The Balaban J connectivity index is 1.88. The lowest BCUT2D eigenvalue weighted by atomic mass is 9.84. The lowest BCUT2D eigenvalue weighted by Crippen LogP contribution is -2.53. The first-order valence-corrected chi connectivity index (χ1v) is 12.5. The van der Waals surface area contributed by atoms with Gasteiger partial charge in [-0.15, -0.1) is 0 Å². The second-order valence-electron chi connectivity index (χ2n) is 12.0. The highest BCUT2D eigenvalue weighted by molar-refractivity contribution is 6.00. The van der Waals surface area contributed by atoms with Gasteiger partial charge >= 0.3 is 17.4 Å². The first-order valence-electron chi connectivity index (χ1n) is 12.5. The van der Waals surface area contributed by atoms with Crippen LogP contribution in [0.5, 0.6) is 0 Å². The van der Waals surface area contributed by atoms with E-state index < -0.39 is 27.8 Å². The van der Waals surface area contributed by atoms with Gasteiger partial charge in [-0.1, -0.05) is 10.1 Å². The van der Waals surface area contributed by atoms with Gasteiger partial charge in [0, 0.05) is 23.2 Å². The summed E-state index contributed by atoms with van der Waals surface area (Å²) in [4.78, 5) is 16.1. The van der Waals surface area contributed by atoms with Crippen molar-refractivity contribution in [2.75, 3.05) is 5.73 Å². The molecule has 0 aliphatic carbocycles. The summed E-state index contributed by atoms with van der Waals surface area (Å²) in [5.41, 5.74) is 2.19. The number of benzene rings is 1. The fraction of sp³-hybridized carbons (Fsp3) is 0.538. The minimum absolute atomic E-state index is 0.0610. The summed E-state index contributed by atoms with van der Waals surface area (Å²) >= 11 is 0. The Bertz CT molecular complexity index is 1420. The Morgan fingerprint density at radius 1 is 0.868 bits per heavy atom. The van der Waals surface area contributed by atoms with Gasteiger partial charge in [-0.3, -0.25) is 14.0 Å². The standard InChI is InChI=1S/C26H35N7O5/c1-23(2)24(3,4)31(36)20(30(23)35)17-9-10-18(21-32(37)25(5,6)26(7,8)33(21)38)16(15-17)11-13-29-14-12-19(27)28-22(29)34/h9-10,12,14-15H,11,13H2,1-8H3,(H2,27,28,34). The number of hydrogen-bond acceptors (Lipinski definition) is 7. The highest BCUT2D eigenvalue weighted by Crippen LogP contribution is 2.40. The molecule has 0 amide bonds. The van der Waals surface area contributed by atoms with Crippen molar-refractivity contribution in [1.29, 1.82) is 0 Å². The SMILES string of the molecule is CC1(C)N([O])C(c2ccc(C3=[N+]([O-])C(C)(C)C(C)(C)N3[O])c(CCn3ccc(N)nc3=O)c2)=[N+]([O-])C1(C)C. The van der Waals surface area contributed by atoms with E-state index in [1.54, 1.807) is 73.6 Å². The Morgan fingerprint density at radius 2 is 1.39 bits per heavy atom. The third kappa shape index (κ3) is 3.65. The van der Waals surface area contributed by atoms with E-state index in [1.165, 1.54) is 16.8 Å². The van der Waals surface area contributed by atoms with Crippen LogP contribution in [0.1, 0.15) is 72.1 Å². The number of rotatable bonds is 5. The molecule has 0 fully saturated rings. The topological polar surface area (TPSA) is 159 Å². The van der Waals surface area contributed by atoms with Crippen molar-refractivity contribution in [1.82, 2.24) is 19.7 Å². The van der Waals surface area contributed by atoms with Gasteiger partial charge in [0.15, 0.2) is 11.1 Å². The molecule has 0 atom stereocenters. The van der Waals surface area contributed by atoms with Crippen LogP contribution >= 0.6 is 0 Å². The molecule has 2 aliphatic heterocycles. The highest BCUT2D eigenvalue weighted by Gasteiger charge is 2.61. The van der Waals surface area contributed by atoms with E-state index in [0.29, 0.717) is 36.3 Å². The predicted octanol–water partition coefficient (Wildman–Crippen LogP) is 2.02. The Kier molecular flexibility index (Phi) is 6.08. The van der Waals surface area contributed by atoms with Crippen LogP contribution < -0.4 is 11.4 Å². The van der Waals surface area contributed by atoms with Crippen LogP contribution in [0.4, 0.5) is 5.82 Å². The number of anilines is 1. The molecule has 2 aliphatic rings. The van der Waals surface area contributed by atoms with Crippen molar-refractivity contribution in [3.8, 4) is 0 Å². The molecule has 1 aromatic heterocycles. The van der Waals surface area contributed by atoms with Gasteiger partial charge in [0.1, 0.15) is 16.9 Å². The minimum Gasteiger partial charge on any atom is -0.714 e. The van der Waals surface area contributed by atoms with Crippen molar-refractivity contribution in [2.45, 2.75) is 90.5 Å². The van der Waals surface area contributed by atoms with Gasteiger partial charge in [-0.25, -0.2) is 4.79 Å². The van der Waals surface area contributed by atoms with E-state index in [2.05, 4.69) is 4.98 Å². The Morgan fingerprint density at radius 3 is 1.87 bits per heavy atom. The summed E-state index contributed by atoms with van der Waals surface area (Å²) in [6.45, 7) is 13.8. The zero-order valence-corrected chi connectivity index (χ0v) is 23.1. The predicted molar refractivity (Wildman–Crippen MR) is 140 cm³/mol. The Labute approximate surface area is 221 Å². The minimum atomic E-state index is -1.04. The fourth-order valence-electron chi connectivity index (χ4n) is 4.68. The van der Waals surface area contributed by atoms with Crippen LogP contribution in [0.3, 0.4) is 0 Å². The number of hydrogen-bond donors (Lipinski definition) is 1. The molecule has 0 unspecified atom stereocenters. The monoisotopic (exact) mass is 525 g/mol. The molecule has 12 heteroatoms. The van der Waals surface area contributed by atoms with E-state index in [0.717, 1.165) is 0 Å². The second-order valence-corrected chi connectivity index (χ2v) is 12.0. The smallest absolute Gasteiger partial charge is 0.349 e. The summed E-state index contributed by atoms with van der Waals surface area (Å²) in [5, 5.41) is 54.8. The molecular weight excluding hydrogens is 490 g/mol. The third-order valence-corrected chi connectivity index (χ3v) is 8.92. The normalized spacial score (nSPS) is 21.5. The van der Waals surface area contributed by atoms with Crippen LogP contribution in [0.25, 0.3) is 0 Å². The van der Waals surface area contributed by atoms with Crippen LogP contribution in [-0.4, -0.2) is 63.0 Å². The maximum Gasteiger partial charge on any atom is 0.349 e. The quantitative estimate of drug-likeness (QED) is 0.462. The molecule has 204 valence electrons. The zero-order chi connectivity index (χ0) is 28.6. The lowest BCUT2D eigenvalue weighted by molar-refractivity contribution is -0.540. The molecular formula is C26H35N7O5. The van der Waals surface area contributed by atoms with E-state index >= 15 is 0 Å². The van der Waals surface area contributed by atoms with Crippen molar-refractivity contribution >= 4 is 17.5 Å². The van der Waals surface area contributed by atoms with E-state index in [9.17, 15) is 25.6 Å². The molecule has 0 saturated carbocycles. The van der Waals surface area contributed by atoms with Gasteiger partial charge in [0.05, 0.1) is 11.1 Å². The van der Waals surface area contributed by atoms with Crippen molar-refractivity contribution in [2.24, 2.45) is 0 Å². The maximum atomic E-state index is 13.4. The number of nitrogen functional groups attached to an aromatic ring is 1. The van der Waals surface area contributed by atoms with Crippen molar-refractivity contribution in [3.05, 3.63) is 68.1 Å². The zero-order valence-electron chi connectivity index (χ0n) is 23.1. The number of nitrogens with two attached hydrogens (primary N) is 1. The molecule has 4 rings (SSSR count). The summed E-state index contributed by atoms with van der Waals surface area (Å²) in [6, 6.07) is 6.30. The van der Waals surface area contributed by atoms with E-state index in [1.807, 2.05) is 0 Å². The van der Waals surface area contributed by atoms with Crippen LogP contribution in [-0.2, 0) is 23.4 Å². The molecule has 2 aromatic rings. The van der Waals surface area contributed by atoms with Crippen LogP contribution in [0.2, 0.25) is 0 Å².